The molecule has 0 heterocycles. The molecule has 5 heteroatoms. The molecule has 3 nitrogen and oxygen atoms in total. The number of halogens is 1. The molecule has 0 saturated carbocycles. The van der Waals surface area contributed by atoms with E-state index in [1.807, 2.05) is 0 Å². The second-order valence-electron chi connectivity index (χ2n) is 6.00. The zero-order valence-corrected chi connectivity index (χ0v) is 13.4. The van der Waals surface area contributed by atoms with Gasteiger partial charge in [-0.05, 0) is 45.9 Å². The minimum Gasteiger partial charge on any atom is -0.319 e. The molecule has 1 unspecified atom stereocenters. The number of likely N-dealkylation sites (N-methyl/N-ethyl adjacent to an activating group) is 1. The number of benzene rings is 1. The molecule has 0 radical (unpaired) electrons. The van der Waals surface area contributed by atoms with E-state index < -0.39 is 14.6 Å². The molecule has 0 fully saturated rings. The first kappa shape index (κ1) is 17.1. The second-order valence-corrected chi connectivity index (χ2v) is 8.86. The minimum atomic E-state index is -3.18. The highest BCUT2D eigenvalue weighted by molar-refractivity contribution is 7.92. The van der Waals surface area contributed by atoms with Gasteiger partial charge in [0.15, 0.2) is 9.84 Å². The highest BCUT2D eigenvalue weighted by Gasteiger charge is 2.29. The zero-order valence-electron chi connectivity index (χ0n) is 12.6. The van der Waals surface area contributed by atoms with E-state index in [4.69, 9.17) is 0 Å². The van der Waals surface area contributed by atoms with Gasteiger partial charge in [0.1, 0.15) is 5.82 Å². The molecule has 1 N–H and O–H groups in total. The van der Waals surface area contributed by atoms with Gasteiger partial charge in [0, 0.05) is 12.5 Å². The van der Waals surface area contributed by atoms with Crippen molar-refractivity contribution in [1.29, 1.82) is 0 Å². The van der Waals surface area contributed by atoms with Gasteiger partial charge in [-0.25, -0.2) is 12.8 Å². The lowest BCUT2D eigenvalue weighted by molar-refractivity contribution is 0.530. The van der Waals surface area contributed by atoms with Gasteiger partial charge >= 0.3 is 0 Å². The van der Waals surface area contributed by atoms with E-state index in [2.05, 4.69) is 5.32 Å². The topological polar surface area (TPSA) is 46.2 Å². The van der Waals surface area contributed by atoms with Crippen molar-refractivity contribution in [2.24, 2.45) is 0 Å². The summed E-state index contributed by atoms with van der Waals surface area (Å²) in [6.45, 7) is 5.64. The summed E-state index contributed by atoms with van der Waals surface area (Å²) < 4.78 is 37.4. The fourth-order valence-corrected chi connectivity index (χ4v) is 3.23. The molecular formula is C15H24FNO2S. The summed E-state index contributed by atoms with van der Waals surface area (Å²) in [6, 6.07) is 6.55. The second kappa shape index (κ2) is 6.68. The van der Waals surface area contributed by atoms with E-state index >= 15 is 0 Å². The lowest BCUT2D eigenvalue weighted by Crippen LogP contribution is -2.32. The van der Waals surface area contributed by atoms with E-state index in [9.17, 15) is 12.8 Å². The lowest BCUT2D eigenvalue weighted by atomic mass is 9.96. The van der Waals surface area contributed by atoms with Gasteiger partial charge in [-0.3, -0.25) is 0 Å². The molecule has 1 atom stereocenters. The molecule has 0 aromatic heterocycles. The third-order valence-corrected chi connectivity index (χ3v) is 6.10. The van der Waals surface area contributed by atoms with Crippen LogP contribution in [0.15, 0.2) is 24.3 Å². The predicted octanol–water partition coefficient (Wildman–Crippen LogP) is 2.73. The molecule has 1 aromatic carbocycles. The Hall–Kier alpha value is -0.940. The highest BCUT2D eigenvalue weighted by Crippen LogP contribution is 2.25. The number of hydrogen-bond donors (Lipinski definition) is 1. The van der Waals surface area contributed by atoms with Crippen LogP contribution < -0.4 is 5.32 Å². The van der Waals surface area contributed by atoms with Crippen LogP contribution in [0.1, 0.15) is 38.7 Å². The van der Waals surface area contributed by atoms with E-state index in [-0.39, 0.29) is 17.5 Å². The molecule has 1 aromatic rings. The van der Waals surface area contributed by atoms with Crippen molar-refractivity contribution in [3.05, 3.63) is 35.6 Å². The summed E-state index contributed by atoms with van der Waals surface area (Å²) in [5.74, 6) is -0.351. The summed E-state index contributed by atoms with van der Waals surface area (Å²) in [4.78, 5) is 0. The Kier molecular flexibility index (Phi) is 5.71. The van der Waals surface area contributed by atoms with E-state index in [1.54, 1.807) is 46.0 Å². The van der Waals surface area contributed by atoms with Crippen LogP contribution in [0, 0.1) is 5.82 Å². The van der Waals surface area contributed by atoms with E-state index in [0.29, 0.717) is 18.5 Å². The van der Waals surface area contributed by atoms with Crippen LogP contribution in [0.4, 0.5) is 4.39 Å². The monoisotopic (exact) mass is 301 g/mol. The van der Waals surface area contributed by atoms with Gasteiger partial charge in [0.2, 0.25) is 0 Å². The van der Waals surface area contributed by atoms with Crippen molar-refractivity contribution in [3.63, 3.8) is 0 Å². The molecule has 0 aliphatic rings. The van der Waals surface area contributed by atoms with Crippen LogP contribution in [0.2, 0.25) is 0 Å². The van der Waals surface area contributed by atoms with Crippen LogP contribution in [0.5, 0.6) is 0 Å². The first-order valence-corrected chi connectivity index (χ1v) is 8.45. The maximum absolute atomic E-state index is 13.8. The lowest BCUT2D eigenvalue weighted by Gasteiger charge is -2.22. The molecule has 0 bridgehead atoms. The Morgan fingerprint density at radius 2 is 1.85 bits per heavy atom. The van der Waals surface area contributed by atoms with Crippen molar-refractivity contribution < 1.29 is 12.8 Å². The van der Waals surface area contributed by atoms with Crippen LogP contribution in [-0.4, -0.2) is 32.5 Å². The molecule has 20 heavy (non-hydrogen) atoms. The fraction of sp³-hybridized carbons (Fsp3) is 0.600. The number of rotatable bonds is 6. The molecule has 114 valence electrons. The summed E-state index contributed by atoms with van der Waals surface area (Å²) in [7, 11) is -1.40. The average Bonchev–Trinajstić information content (AvgIpc) is 2.34. The average molecular weight is 301 g/mol. The standard InChI is InChI=1S/C15H24FNO2S/c1-15(2,3)20(18,19)10-9-12(11-17-4)13-7-5-6-8-14(13)16/h5-8,12,17H,9-11H2,1-4H3. The van der Waals surface area contributed by atoms with Crippen LogP contribution in [0.3, 0.4) is 0 Å². The summed E-state index contributed by atoms with van der Waals surface area (Å²) in [5, 5.41) is 3.01. The van der Waals surface area contributed by atoms with Gasteiger partial charge < -0.3 is 5.32 Å². The third-order valence-electron chi connectivity index (χ3n) is 3.46. The van der Waals surface area contributed by atoms with E-state index in [1.165, 1.54) is 6.07 Å². The number of hydrogen-bond acceptors (Lipinski definition) is 3. The first-order valence-electron chi connectivity index (χ1n) is 6.80. The van der Waals surface area contributed by atoms with Crippen LogP contribution in [-0.2, 0) is 9.84 Å². The molecule has 1 rings (SSSR count). The Bertz CT molecular complexity index is 535. The largest absolute Gasteiger partial charge is 0.319 e. The van der Waals surface area contributed by atoms with Gasteiger partial charge in [-0.2, -0.15) is 0 Å². The van der Waals surface area contributed by atoms with Crippen LogP contribution in [0.25, 0.3) is 0 Å². The quantitative estimate of drug-likeness (QED) is 0.879. The zero-order chi connectivity index (χ0) is 15.4. The van der Waals surface area contributed by atoms with Crippen molar-refractivity contribution >= 4 is 9.84 Å². The number of nitrogens with one attached hydrogen (secondary N) is 1. The fourth-order valence-electron chi connectivity index (χ4n) is 2.02. The molecular weight excluding hydrogens is 277 g/mol. The Balaban J connectivity index is 2.88. The normalized spacial score (nSPS) is 14.2. The summed E-state index contributed by atoms with van der Waals surface area (Å²) >= 11 is 0. The maximum Gasteiger partial charge on any atom is 0.155 e. The SMILES string of the molecule is CNCC(CCS(=O)(=O)C(C)(C)C)c1ccccc1F. The van der Waals surface area contributed by atoms with Crippen molar-refractivity contribution in [2.75, 3.05) is 19.3 Å². The van der Waals surface area contributed by atoms with Gasteiger partial charge in [-0.1, -0.05) is 18.2 Å². The number of sulfone groups is 1. The molecule has 0 aliphatic heterocycles. The third kappa shape index (κ3) is 4.28. The molecule has 0 amide bonds. The Morgan fingerprint density at radius 3 is 2.35 bits per heavy atom. The Labute approximate surface area is 121 Å². The maximum atomic E-state index is 13.8. The van der Waals surface area contributed by atoms with Crippen LogP contribution >= 0.6 is 0 Å². The van der Waals surface area contributed by atoms with Crippen molar-refractivity contribution in [2.45, 2.75) is 37.9 Å². The predicted molar refractivity (Wildman–Crippen MR) is 81.2 cm³/mol. The van der Waals surface area contributed by atoms with Crippen molar-refractivity contribution in [1.82, 2.24) is 5.32 Å². The first-order chi connectivity index (χ1) is 9.19. The minimum absolute atomic E-state index is 0.0666. The van der Waals surface area contributed by atoms with Gasteiger partial charge in [0.25, 0.3) is 0 Å². The summed E-state index contributed by atoms with van der Waals surface area (Å²) in [5.41, 5.74) is 0.575. The van der Waals surface area contributed by atoms with Gasteiger partial charge in [0.05, 0.1) is 10.5 Å². The van der Waals surface area contributed by atoms with E-state index in [0.717, 1.165) is 0 Å². The molecule has 0 aliphatic carbocycles. The molecule has 0 saturated heterocycles. The smallest absolute Gasteiger partial charge is 0.155 e. The summed E-state index contributed by atoms with van der Waals surface area (Å²) in [6.07, 6.45) is 0.418. The van der Waals surface area contributed by atoms with Gasteiger partial charge in [-0.15, -0.1) is 0 Å². The highest BCUT2D eigenvalue weighted by atomic mass is 32.2. The van der Waals surface area contributed by atoms with Crippen molar-refractivity contribution in [3.8, 4) is 0 Å². The Morgan fingerprint density at radius 1 is 1.25 bits per heavy atom. The molecule has 0 spiro atoms.